The van der Waals surface area contributed by atoms with Crippen molar-refractivity contribution in [3.05, 3.63) is 11.6 Å². The normalized spacial score (nSPS) is 48.7. The Morgan fingerprint density at radius 2 is 2.00 bits per heavy atom. The molecule has 3 saturated carbocycles. The highest BCUT2D eigenvalue weighted by Crippen LogP contribution is 2.66. The maximum Gasteiger partial charge on any atom is 0.308 e. The van der Waals surface area contributed by atoms with Gasteiger partial charge in [0.25, 0.3) is 0 Å². The molecular formula is C23H36O3. The van der Waals surface area contributed by atoms with Crippen molar-refractivity contribution in [2.75, 3.05) is 7.11 Å². The fourth-order valence-corrected chi connectivity index (χ4v) is 7.71. The molecule has 146 valence electrons. The van der Waals surface area contributed by atoms with Crippen LogP contribution in [0.2, 0.25) is 0 Å². The maximum atomic E-state index is 12.2. The molecule has 0 aromatic rings. The first-order valence-corrected chi connectivity index (χ1v) is 10.8. The summed E-state index contributed by atoms with van der Waals surface area (Å²) in [7, 11) is 1.52. The number of hydrogen-bond acceptors (Lipinski definition) is 3. The van der Waals surface area contributed by atoms with Gasteiger partial charge in [0.05, 0.1) is 19.1 Å². The van der Waals surface area contributed by atoms with Crippen LogP contribution in [0.15, 0.2) is 11.6 Å². The Kier molecular flexibility index (Phi) is 4.53. The molecule has 0 amide bonds. The number of carbonyl (C=O) groups is 1. The topological polar surface area (TPSA) is 46.5 Å². The summed E-state index contributed by atoms with van der Waals surface area (Å²) in [6, 6.07) is 0. The molecule has 26 heavy (non-hydrogen) atoms. The summed E-state index contributed by atoms with van der Waals surface area (Å²) < 4.78 is 5.07. The molecule has 0 radical (unpaired) electrons. The predicted octanol–water partition coefficient (Wildman–Crippen LogP) is 4.74. The van der Waals surface area contributed by atoms with Crippen LogP contribution >= 0.6 is 0 Å². The van der Waals surface area contributed by atoms with Crippen LogP contribution in [-0.2, 0) is 9.53 Å². The van der Waals surface area contributed by atoms with Gasteiger partial charge in [-0.3, -0.25) is 4.79 Å². The van der Waals surface area contributed by atoms with Crippen molar-refractivity contribution in [3.63, 3.8) is 0 Å². The third kappa shape index (κ3) is 2.52. The Morgan fingerprint density at radius 3 is 2.73 bits per heavy atom. The van der Waals surface area contributed by atoms with Crippen molar-refractivity contribution in [3.8, 4) is 0 Å². The number of fused-ring (bicyclic) bond motifs is 5. The van der Waals surface area contributed by atoms with Crippen LogP contribution in [0.1, 0.15) is 72.1 Å². The van der Waals surface area contributed by atoms with E-state index in [1.54, 1.807) is 5.57 Å². The molecule has 8 atom stereocenters. The largest absolute Gasteiger partial charge is 0.469 e. The van der Waals surface area contributed by atoms with Crippen molar-refractivity contribution >= 4 is 5.97 Å². The van der Waals surface area contributed by atoms with E-state index in [0.29, 0.717) is 29.1 Å². The Morgan fingerprint density at radius 1 is 1.23 bits per heavy atom. The molecule has 0 aromatic carbocycles. The number of carbonyl (C=O) groups excluding carboxylic acids is 1. The lowest BCUT2D eigenvalue weighted by molar-refractivity contribution is -0.148. The average molecular weight is 361 g/mol. The summed E-state index contributed by atoms with van der Waals surface area (Å²) >= 11 is 0. The molecule has 0 aromatic heterocycles. The summed E-state index contributed by atoms with van der Waals surface area (Å²) in [4.78, 5) is 12.2. The average Bonchev–Trinajstić information content (AvgIpc) is 2.98. The molecule has 0 spiro atoms. The fraction of sp³-hybridized carbons (Fsp3) is 0.870. The second-order valence-electron chi connectivity index (χ2n) is 10.2. The number of rotatable bonds is 2. The predicted molar refractivity (Wildman–Crippen MR) is 102 cm³/mol. The molecule has 4 aliphatic carbocycles. The summed E-state index contributed by atoms with van der Waals surface area (Å²) in [5, 5.41) is 10.2. The van der Waals surface area contributed by atoms with Crippen LogP contribution in [0, 0.1) is 40.4 Å². The summed E-state index contributed by atoms with van der Waals surface area (Å²) in [5.74, 6) is 2.47. The van der Waals surface area contributed by atoms with Gasteiger partial charge in [0, 0.05) is 0 Å². The van der Waals surface area contributed by atoms with E-state index in [0.717, 1.165) is 32.1 Å². The van der Waals surface area contributed by atoms with Crippen LogP contribution in [-0.4, -0.2) is 24.3 Å². The zero-order valence-corrected chi connectivity index (χ0v) is 17.0. The van der Waals surface area contributed by atoms with E-state index >= 15 is 0 Å². The van der Waals surface area contributed by atoms with Crippen LogP contribution < -0.4 is 0 Å². The second kappa shape index (κ2) is 6.36. The quantitative estimate of drug-likeness (QED) is 0.572. The lowest BCUT2D eigenvalue weighted by atomic mass is 9.48. The number of hydrogen-bond donors (Lipinski definition) is 1. The fourth-order valence-electron chi connectivity index (χ4n) is 7.71. The van der Waals surface area contributed by atoms with Gasteiger partial charge in [0.15, 0.2) is 0 Å². The lowest BCUT2D eigenvalue weighted by Crippen LogP contribution is -2.49. The Bertz CT molecular complexity index is 611. The minimum absolute atomic E-state index is 0.00158. The van der Waals surface area contributed by atoms with E-state index in [9.17, 15) is 9.90 Å². The van der Waals surface area contributed by atoms with Crippen LogP contribution in [0.5, 0.6) is 0 Å². The number of aliphatic hydroxyl groups is 1. The van der Waals surface area contributed by atoms with Gasteiger partial charge in [-0.05, 0) is 85.9 Å². The number of esters is 1. The molecule has 3 heteroatoms. The van der Waals surface area contributed by atoms with Crippen LogP contribution in [0.3, 0.4) is 0 Å². The second-order valence-corrected chi connectivity index (χ2v) is 10.2. The van der Waals surface area contributed by atoms with Crippen molar-refractivity contribution < 1.29 is 14.6 Å². The Hall–Kier alpha value is -0.830. The van der Waals surface area contributed by atoms with E-state index in [2.05, 4.69) is 26.8 Å². The van der Waals surface area contributed by atoms with Gasteiger partial charge in [-0.15, -0.1) is 0 Å². The smallest absolute Gasteiger partial charge is 0.308 e. The molecule has 0 heterocycles. The van der Waals surface area contributed by atoms with Crippen molar-refractivity contribution in [1.29, 1.82) is 0 Å². The minimum Gasteiger partial charge on any atom is -0.469 e. The molecule has 0 aliphatic heterocycles. The summed E-state index contributed by atoms with van der Waals surface area (Å²) in [5.41, 5.74) is 2.25. The molecule has 0 bridgehead atoms. The van der Waals surface area contributed by atoms with Crippen molar-refractivity contribution in [2.45, 2.75) is 78.2 Å². The molecule has 4 aliphatic rings. The number of aliphatic hydroxyl groups excluding tert-OH is 1. The molecule has 4 rings (SSSR count). The number of ether oxygens (including phenoxy) is 1. The third-order valence-corrected chi connectivity index (χ3v) is 9.25. The van der Waals surface area contributed by atoms with Crippen molar-refractivity contribution in [1.82, 2.24) is 0 Å². The summed E-state index contributed by atoms with van der Waals surface area (Å²) in [6.07, 6.45) is 11.7. The highest BCUT2D eigenvalue weighted by Gasteiger charge is 2.58. The first kappa shape index (κ1) is 18.5. The van der Waals surface area contributed by atoms with Crippen LogP contribution in [0.25, 0.3) is 0 Å². The molecule has 3 fully saturated rings. The van der Waals surface area contributed by atoms with E-state index in [1.165, 1.54) is 26.4 Å². The van der Waals surface area contributed by atoms with Gasteiger partial charge in [-0.25, -0.2) is 0 Å². The first-order chi connectivity index (χ1) is 12.3. The highest BCUT2D eigenvalue weighted by atomic mass is 16.5. The number of allylic oxidation sites excluding steroid dienone is 2. The standard InChI is InChI=1S/C23H36O3/c1-14(21(25)26-4)18-7-8-19-17-6-5-15-13-16(24)9-11-22(15,2)20(17)10-12-23(18,19)3/h10,14-19,24H,5-9,11-13H2,1-4H3/t14-,15+,16+,17?,18+,19?,22-,23+/m0/s1. The van der Waals surface area contributed by atoms with E-state index in [-0.39, 0.29) is 23.4 Å². The zero-order chi connectivity index (χ0) is 18.7. The van der Waals surface area contributed by atoms with Gasteiger partial charge in [0.1, 0.15) is 0 Å². The van der Waals surface area contributed by atoms with E-state index in [1.807, 2.05) is 0 Å². The minimum atomic E-state index is -0.0872. The van der Waals surface area contributed by atoms with Crippen LogP contribution in [0.4, 0.5) is 0 Å². The molecular weight excluding hydrogens is 324 g/mol. The van der Waals surface area contributed by atoms with Gasteiger partial charge < -0.3 is 9.84 Å². The van der Waals surface area contributed by atoms with Gasteiger partial charge >= 0.3 is 5.97 Å². The van der Waals surface area contributed by atoms with E-state index in [4.69, 9.17) is 4.74 Å². The maximum absolute atomic E-state index is 12.2. The highest BCUT2D eigenvalue weighted by molar-refractivity contribution is 5.72. The van der Waals surface area contributed by atoms with E-state index < -0.39 is 0 Å². The summed E-state index contributed by atoms with van der Waals surface area (Å²) in [6.45, 7) is 7.00. The van der Waals surface area contributed by atoms with Gasteiger partial charge in [-0.1, -0.05) is 32.4 Å². The van der Waals surface area contributed by atoms with Crippen molar-refractivity contribution in [2.24, 2.45) is 40.4 Å². The Labute approximate surface area is 158 Å². The monoisotopic (exact) mass is 360 g/mol. The molecule has 0 saturated heterocycles. The first-order valence-electron chi connectivity index (χ1n) is 10.8. The Balaban J connectivity index is 1.63. The lowest BCUT2D eigenvalue weighted by Gasteiger charge is -2.57. The third-order valence-electron chi connectivity index (χ3n) is 9.25. The molecule has 2 unspecified atom stereocenters. The molecule has 3 nitrogen and oxygen atoms in total. The zero-order valence-electron chi connectivity index (χ0n) is 17.0. The van der Waals surface area contributed by atoms with Gasteiger partial charge in [0.2, 0.25) is 0 Å². The number of methoxy groups -OCH3 is 1. The SMILES string of the molecule is COC(=O)[C@@H](C)[C@H]1CCC2C3CC[C@@H]4C[C@H](O)CC[C@]4(C)C3=CC[C@@]21C. The van der Waals surface area contributed by atoms with Gasteiger partial charge in [-0.2, -0.15) is 0 Å². The molecule has 1 N–H and O–H groups in total.